The average molecular weight is 380 g/mol. The molecule has 0 saturated carbocycles. The zero-order valence-electron chi connectivity index (χ0n) is 15.2. The maximum atomic E-state index is 6.06. The van der Waals surface area contributed by atoms with Gasteiger partial charge in [0.15, 0.2) is 11.5 Å². The van der Waals surface area contributed by atoms with Crippen LogP contribution >= 0.6 is 12.4 Å². The van der Waals surface area contributed by atoms with Gasteiger partial charge in [0.2, 0.25) is 0 Å². The van der Waals surface area contributed by atoms with Crippen LogP contribution < -0.4 is 9.47 Å². The number of rotatable bonds is 5. The summed E-state index contributed by atoms with van der Waals surface area (Å²) in [5.41, 5.74) is 5.68. The molecule has 0 unspecified atom stereocenters. The molecule has 1 aliphatic heterocycles. The van der Waals surface area contributed by atoms with Crippen LogP contribution in [-0.4, -0.2) is 19.4 Å². The van der Waals surface area contributed by atoms with Crippen molar-refractivity contribution in [1.82, 2.24) is 0 Å². The van der Waals surface area contributed by atoms with E-state index in [1.165, 1.54) is 5.56 Å². The van der Waals surface area contributed by atoms with Crippen LogP contribution in [0.25, 0.3) is 0 Å². The molecule has 1 aliphatic rings. The van der Waals surface area contributed by atoms with Gasteiger partial charge < -0.3 is 9.47 Å². The summed E-state index contributed by atoms with van der Waals surface area (Å²) in [7, 11) is 1.68. The van der Waals surface area contributed by atoms with Crippen molar-refractivity contribution >= 4 is 18.1 Å². The third-order valence-corrected chi connectivity index (χ3v) is 4.58. The molecule has 4 heteroatoms. The Morgan fingerprint density at radius 2 is 1.59 bits per heavy atom. The summed E-state index contributed by atoms with van der Waals surface area (Å²) in [4.78, 5) is 4.76. The Balaban J connectivity index is 0.00000210. The highest BCUT2D eigenvalue weighted by Crippen LogP contribution is 2.34. The van der Waals surface area contributed by atoms with Crippen LogP contribution in [0.5, 0.6) is 11.5 Å². The van der Waals surface area contributed by atoms with Gasteiger partial charge >= 0.3 is 0 Å². The van der Waals surface area contributed by atoms with Gasteiger partial charge in [-0.15, -0.1) is 12.4 Å². The number of hydrogen-bond acceptors (Lipinski definition) is 3. The van der Waals surface area contributed by atoms with Crippen LogP contribution in [0.1, 0.15) is 22.3 Å². The van der Waals surface area contributed by atoms with Crippen molar-refractivity contribution in [3.05, 3.63) is 95.1 Å². The first-order valence-electron chi connectivity index (χ1n) is 8.83. The maximum absolute atomic E-state index is 6.06. The molecule has 1 heterocycles. The minimum atomic E-state index is 0. The largest absolute Gasteiger partial charge is 0.493 e. The molecular weight excluding hydrogens is 358 g/mol. The van der Waals surface area contributed by atoms with Crippen LogP contribution in [-0.2, 0) is 13.0 Å². The molecule has 0 amide bonds. The van der Waals surface area contributed by atoms with Crippen molar-refractivity contribution in [1.29, 1.82) is 0 Å². The summed E-state index contributed by atoms with van der Waals surface area (Å²) in [5, 5.41) is 0. The molecule has 138 valence electrons. The fourth-order valence-corrected chi connectivity index (χ4v) is 3.25. The number of benzene rings is 3. The van der Waals surface area contributed by atoms with Crippen LogP contribution in [0.4, 0.5) is 0 Å². The van der Waals surface area contributed by atoms with E-state index in [2.05, 4.69) is 36.4 Å². The first kappa shape index (κ1) is 19.0. The van der Waals surface area contributed by atoms with E-state index in [9.17, 15) is 0 Å². The molecule has 0 aliphatic carbocycles. The predicted molar refractivity (Wildman–Crippen MR) is 112 cm³/mol. The van der Waals surface area contributed by atoms with Gasteiger partial charge in [-0.25, -0.2) is 0 Å². The number of hydrogen-bond donors (Lipinski definition) is 0. The summed E-state index contributed by atoms with van der Waals surface area (Å²) in [5.74, 6) is 1.52. The van der Waals surface area contributed by atoms with E-state index in [4.69, 9.17) is 14.5 Å². The Morgan fingerprint density at radius 1 is 0.889 bits per heavy atom. The number of nitrogens with zero attached hydrogens (tertiary/aromatic N) is 1. The highest BCUT2D eigenvalue weighted by Gasteiger charge is 2.19. The zero-order valence-corrected chi connectivity index (χ0v) is 16.0. The Kier molecular flexibility index (Phi) is 6.15. The van der Waals surface area contributed by atoms with Gasteiger partial charge in [-0.05, 0) is 29.7 Å². The van der Waals surface area contributed by atoms with Crippen molar-refractivity contribution in [2.45, 2.75) is 13.0 Å². The molecule has 4 rings (SSSR count). The van der Waals surface area contributed by atoms with Gasteiger partial charge in [-0.3, -0.25) is 4.99 Å². The minimum Gasteiger partial charge on any atom is -0.493 e. The molecule has 3 aromatic rings. The summed E-state index contributed by atoms with van der Waals surface area (Å²) in [6.45, 7) is 1.32. The maximum Gasteiger partial charge on any atom is 0.161 e. The highest BCUT2D eigenvalue weighted by atomic mass is 35.5. The molecule has 3 aromatic carbocycles. The fourth-order valence-electron chi connectivity index (χ4n) is 3.25. The molecule has 0 saturated heterocycles. The minimum absolute atomic E-state index is 0. The van der Waals surface area contributed by atoms with Gasteiger partial charge in [-0.2, -0.15) is 0 Å². The summed E-state index contributed by atoms with van der Waals surface area (Å²) in [6, 6.07) is 24.6. The first-order chi connectivity index (χ1) is 12.8. The lowest BCUT2D eigenvalue weighted by Crippen LogP contribution is -2.15. The molecule has 3 nitrogen and oxygen atoms in total. The van der Waals surface area contributed by atoms with E-state index in [0.717, 1.165) is 46.9 Å². The first-order valence-corrected chi connectivity index (χ1v) is 8.83. The third-order valence-electron chi connectivity index (χ3n) is 4.58. The van der Waals surface area contributed by atoms with Crippen molar-refractivity contribution < 1.29 is 9.47 Å². The van der Waals surface area contributed by atoms with Gasteiger partial charge in [0.1, 0.15) is 6.61 Å². The van der Waals surface area contributed by atoms with E-state index in [1.54, 1.807) is 7.11 Å². The van der Waals surface area contributed by atoms with Gasteiger partial charge in [0, 0.05) is 17.7 Å². The molecule has 0 N–H and O–H groups in total. The lowest BCUT2D eigenvalue weighted by Gasteiger charge is -2.20. The third kappa shape index (κ3) is 4.15. The van der Waals surface area contributed by atoms with E-state index < -0.39 is 0 Å². The second-order valence-electron chi connectivity index (χ2n) is 6.28. The number of aliphatic imine (C=N–C) groups is 1. The van der Waals surface area contributed by atoms with Crippen LogP contribution in [0.3, 0.4) is 0 Å². The van der Waals surface area contributed by atoms with E-state index in [-0.39, 0.29) is 12.4 Å². The van der Waals surface area contributed by atoms with Gasteiger partial charge in [0.05, 0.1) is 12.8 Å². The summed E-state index contributed by atoms with van der Waals surface area (Å²) >= 11 is 0. The molecule has 27 heavy (non-hydrogen) atoms. The SMILES string of the molecule is COc1cc2c(cc1OCc1ccccc1)CCN=C2c1ccccc1.Cl. The Bertz CT molecular complexity index is 924. The predicted octanol–water partition coefficient (Wildman–Crippen LogP) is 5.09. The molecule has 0 aromatic heterocycles. The fraction of sp³-hybridized carbons (Fsp3) is 0.174. The van der Waals surface area contributed by atoms with Gasteiger partial charge in [-0.1, -0.05) is 60.7 Å². The number of ether oxygens (including phenoxy) is 2. The van der Waals surface area contributed by atoms with Crippen LogP contribution in [0.15, 0.2) is 77.8 Å². The smallest absolute Gasteiger partial charge is 0.161 e. The number of fused-ring (bicyclic) bond motifs is 1. The Hall–Kier alpha value is -2.78. The quantitative estimate of drug-likeness (QED) is 0.618. The van der Waals surface area contributed by atoms with Crippen molar-refractivity contribution in [2.24, 2.45) is 4.99 Å². The summed E-state index contributed by atoms with van der Waals surface area (Å²) < 4.78 is 11.7. The Morgan fingerprint density at radius 3 is 2.30 bits per heavy atom. The van der Waals surface area contributed by atoms with Crippen molar-refractivity contribution in [3.63, 3.8) is 0 Å². The van der Waals surface area contributed by atoms with Crippen molar-refractivity contribution in [2.75, 3.05) is 13.7 Å². The molecule has 0 fully saturated rings. The highest BCUT2D eigenvalue weighted by molar-refractivity contribution is 6.14. The van der Waals surface area contributed by atoms with E-state index in [0.29, 0.717) is 6.61 Å². The van der Waals surface area contributed by atoms with Gasteiger partial charge in [0.25, 0.3) is 0 Å². The monoisotopic (exact) mass is 379 g/mol. The standard InChI is InChI=1S/C23H21NO2.ClH/c1-25-21-15-20-19(12-13-24-23(20)18-10-6-3-7-11-18)14-22(21)26-16-17-8-4-2-5-9-17;/h2-11,14-15H,12-13,16H2,1H3;1H. The van der Waals surface area contributed by atoms with Crippen molar-refractivity contribution in [3.8, 4) is 11.5 Å². The average Bonchev–Trinajstić information content (AvgIpc) is 2.72. The summed E-state index contributed by atoms with van der Waals surface area (Å²) in [6.07, 6.45) is 0.914. The van der Waals surface area contributed by atoms with Crippen LogP contribution in [0, 0.1) is 0 Å². The lowest BCUT2D eigenvalue weighted by molar-refractivity contribution is 0.284. The zero-order chi connectivity index (χ0) is 17.8. The molecule has 0 bridgehead atoms. The number of halogens is 1. The molecule has 0 spiro atoms. The van der Waals surface area contributed by atoms with E-state index in [1.807, 2.05) is 36.4 Å². The normalized spacial score (nSPS) is 12.4. The molecular formula is C23H22ClNO2. The second-order valence-corrected chi connectivity index (χ2v) is 6.28. The topological polar surface area (TPSA) is 30.8 Å². The van der Waals surface area contributed by atoms with Crippen LogP contribution in [0.2, 0.25) is 0 Å². The second kappa shape index (κ2) is 8.74. The Labute approximate surface area is 166 Å². The van der Waals surface area contributed by atoms with E-state index >= 15 is 0 Å². The lowest BCUT2D eigenvalue weighted by atomic mass is 9.93. The molecule has 0 radical (unpaired) electrons. The molecule has 0 atom stereocenters. The number of methoxy groups -OCH3 is 1.